The van der Waals surface area contributed by atoms with Crippen LogP contribution in [0.2, 0.25) is 0 Å². The molecule has 0 radical (unpaired) electrons. The van der Waals surface area contributed by atoms with Gasteiger partial charge in [0.2, 0.25) is 0 Å². The smallest absolute Gasteiger partial charge is 0.0323 e. The topological polar surface area (TPSA) is 0 Å². The summed E-state index contributed by atoms with van der Waals surface area (Å²) in [6, 6.07) is 0. The summed E-state index contributed by atoms with van der Waals surface area (Å²) in [7, 11) is 0. The number of allylic oxidation sites excluding steroid dienone is 2. The molecule has 1 aliphatic carbocycles. The molecule has 0 N–H and O–H groups in total. The van der Waals surface area contributed by atoms with Crippen molar-refractivity contribution >= 4 is 0 Å². The average Bonchev–Trinajstić information content (AvgIpc) is 2.41. The quantitative estimate of drug-likeness (QED) is 0.524. The number of hydrogen-bond donors (Lipinski definition) is 0. The Morgan fingerprint density at radius 2 is 2.10 bits per heavy atom. The van der Waals surface area contributed by atoms with Crippen LogP contribution in [0.4, 0.5) is 0 Å². The van der Waals surface area contributed by atoms with Crippen LogP contribution in [0.5, 0.6) is 0 Å². The van der Waals surface area contributed by atoms with E-state index in [1.807, 2.05) is 0 Å². The lowest BCUT2D eigenvalue weighted by Gasteiger charge is -1.99. The van der Waals surface area contributed by atoms with Crippen LogP contribution in [-0.2, 0) is 0 Å². The Morgan fingerprint density at radius 1 is 1.50 bits per heavy atom. The highest BCUT2D eigenvalue weighted by atomic mass is 14.5. The fourth-order valence-corrected chi connectivity index (χ4v) is 1.53. The first-order valence-electron chi connectivity index (χ1n) is 4.28. The Morgan fingerprint density at radius 3 is 2.50 bits per heavy atom. The normalized spacial score (nSPS) is 29.3. The van der Waals surface area contributed by atoms with E-state index in [9.17, 15) is 0 Å². The Bertz CT molecular complexity index is 131. The highest BCUT2D eigenvalue weighted by molar-refractivity contribution is 4.96. The second kappa shape index (κ2) is 2.77. The standard InChI is InChI=1S/C10H18/c1-4-5-6-7-9-8-10(9,2)3/h4-5,9H,6-8H2,1-3H3/b5-4+. The first kappa shape index (κ1) is 7.84. The summed E-state index contributed by atoms with van der Waals surface area (Å²) < 4.78 is 0. The Balaban J connectivity index is 2.07. The third kappa shape index (κ3) is 1.86. The molecule has 10 heavy (non-hydrogen) atoms. The molecule has 0 heteroatoms. The maximum Gasteiger partial charge on any atom is -0.0323 e. The van der Waals surface area contributed by atoms with E-state index in [0.717, 1.165) is 5.92 Å². The predicted octanol–water partition coefficient (Wildman–Crippen LogP) is 3.39. The van der Waals surface area contributed by atoms with Gasteiger partial charge in [0.1, 0.15) is 0 Å². The third-order valence-corrected chi connectivity index (χ3v) is 2.64. The highest BCUT2D eigenvalue weighted by Crippen LogP contribution is 2.54. The molecule has 1 fully saturated rings. The molecular weight excluding hydrogens is 120 g/mol. The van der Waals surface area contributed by atoms with Crippen LogP contribution in [0, 0.1) is 11.3 Å². The van der Waals surface area contributed by atoms with E-state index in [1.54, 1.807) is 0 Å². The van der Waals surface area contributed by atoms with E-state index in [4.69, 9.17) is 0 Å². The van der Waals surface area contributed by atoms with Crippen LogP contribution in [0.1, 0.15) is 40.0 Å². The average molecular weight is 138 g/mol. The van der Waals surface area contributed by atoms with E-state index in [-0.39, 0.29) is 0 Å². The summed E-state index contributed by atoms with van der Waals surface area (Å²) in [4.78, 5) is 0. The minimum Gasteiger partial charge on any atom is -0.0917 e. The van der Waals surface area contributed by atoms with Crippen molar-refractivity contribution in [3.63, 3.8) is 0 Å². The molecular formula is C10H18. The zero-order valence-corrected chi connectivity index (χ0v) is 7.35. The zero-order valence-electron chi connectivity index (χ0n) is 7.35. The summed E-state index contributed by atoms with van der Waals surface area (Å²) in [6.45, 7) is 6.83. The van der Waals surface area contributed by atoms with Crippen molar-refractivity contribution in [3.05, 3.63) is 12.2 Å². The molecule has 58 valence electrons. The van der Waals surface area contributed by atoms with E-state index >= 15 is 0 Å². The molecule has 0 nitrogen and oxygen atoms in total. The summed E-state index contributed by atoms with van der Waals surface area (Å²) in [5.74, 6) is 1.02. The van der Waals surface area contributed by atoms with E-state index < -0.39 is 0 Å². The van der Waals surface area contributed by atoms with Gasteiger partial charge in [-0.15, -0.1) is 0 Å². The molecule has 1 atom stereocenters. The SMILES string of the molecule is C/C=C/CCC1CC1(C)C. The Labute approximate surface area is 64.3 Å². The maximum absolute atomic E-state index is 2.37. The van der Waals surface area contributed by atoms with Gasteiger partial charge in [0, 0.05) is 0 Å². The van der Waals surface area contributed by atoms with Crippen LogP contribution in [0.15, 0.2) is 12.2 Å². The second-order valence-corrected chi connectivity index (χ2v) is 4.04. The molecule has 1 rings (SSSR count). The highest BCUT2D eigenvalue weighted by Gasteiger charge is 2.44. The summed E-state index contributed by atoms with van der Waals surface area (Å²) >= 11 is 0. The molecule has 0 saturated heterocycles. The molecule has 0 aliphatic heterocycles. The maximum atomic E-state index is 2.37. The van der Waals surface area contributed by atoms with Crippen LogP contribution < -0.4 is 0 Å². The van der Waals surface area contributed by atoms with Crippen LogP contribution in [-0.4, -0.2) is 0 Å². The molecule has 0 bridgehead atoms. The molecule has 0 aromatic carbocycles. The molecule has 0 aromatic heterocycles. The van der Waals surface area contributed by atoms with Gasteiger partial charge in [-0.1, -0.05) is 26.0 Å². The van der Waals surface area contributed by atoms with Gasteiger partial charge in [-0.3, -0.25) is 0 Å². The van der Waals surface area contributed by atoms with Crippen LogP contribution in [0.25, 0.3) is 0 Å². The fourth-order valence-electron chi connectivity index (χ4n) is 1.53. The number of hydrogen-bond acceptors (Lipinski definition) is 0. The van der Waals surface area contributed by atoms with Gasteiger partial charge in [-0.2, -0.15) is 0 Å². The van der Waals surface area contributed by atoms with Crippen LogP contribution in [0.3, 0.4) is 0 Å². The Kier molecular flexibility index (Phi) is 2.18. The van der Waals surface area contributed by atoms with Gasteiger partial charge in [0.25, 0.3) is 0 Å². The lowest BCUT2D eigenvalue weighted by molar-refractivity contribution is 0.536. The summed E-state index contributed by atoms with van der Waals surface area (Å²) in [6.07, 6.45) is 8.55. The second-order valence-electron chi connectivity index (χ2n) is 4.04. The molecule has 0 aromatic rings. The van der Waals surface area contributed by atoms with Gasteiger partial charge in [-0.05, 0) is 37.5 Å². The minimum atomic E-state index is 0.682. The van der Waals surface area contributed by atoms with Crippen molar-refractivity contribution in [2.24, 2.45) is 11.3 Å². The van der Waals surface area contributed by atoms with Crippen molar-refractivity contribution in [1.82, 2.24) is 0 Å². The fraction of sp³-hybridized carbons (Fsp3) is 0.800. The van der Waals surface area contributed by atoms with Gasteiger partial charge in [-0.25, -0.2) is 0 Å². The molecule has 1 saturated carbocycles. The van der Waals surface area contributed by atoms with Gasteiger partial charge in [0.15, 0.2) is 0 Å². The first-order valence-corrected chi connectivity index (χ1v) is 4.28. The van der Waals surface area contributed by atoms with Crippen molar-refractivity contribution in [2.75, 3.05) is 0 Å². The van der Waals surface area contributed by atoms with Crippen molar-refractivity contribution in [1.29, 1.82) is 0 Å². The lowest BCUT2D eigenvalue weighted by Crippen LogP contribution is -1.88. The predicted molar refractivity (Wildman–Crippen MR) is 45.9 cm³/mol. The molecule has 1 unspecified atom stereocenters. The largest absolute Gasteiger partial charge is 0.0917 e. The Hall–Kier alpha value is -0.260. The lowest BCUT2D eigenvalue weighted by atomic mass is 10.1. The molecule has 0 heterocycles. The minimum absolute atomic E-state index is 0.682. The zero-order chi connectivity index (χ0) is 7.61. The third-order valence-electron chi connectivity index (χ3n) is 2.64. The van der Waals surface area contributed by atoms with E-state index in [0.29, 0.717) is 5.41 Å². The monoisotopic (exact) mass is 138 g/mol. The van der Waals surface area contributed by atoms with Gasteiger partial charge >= 0.3 is 0 Å². The van der Waals surface area contributed by atoms with Gasteiger partial charge in [0.05, 0.1) is 0 Å². The summed E-state index contributed by atoms with van der Waals surface area (Å²) in [5, 5.41) is 0. The van der Waals surface area contributed by atoms with Crippen molar-refractivity contribution in [3.8, 4) is 0 Å². The van der Waals surface area contributed by atoms with Crippen molar-refractivity contribution < 1.29 is 0 Å². The van der Waals surface area contributed by atoms with E-state index in [2.05, 4.69) is 32.9 Å². The first-order chi connectivity index (χ1) is 4.67. The summed E-state index contributed by atoms with van der Waals surface area (Å²) in [5.41, 5.74) is 0.682. The van der Waals surface area contributed by atoms with Gasteiger partial charge < -0.3 is 0 Å². The van der Waals surface area contributed by atoms with Crippen LogP contribution >= 0.6 is 0 Å². The molecule has 1 aliphatic rings. The molecule has 0 amide bonds. The molecule has 0 spiro atoms. The van der Waals surface area contributed by atoms with E-state index in [1.165, 1.54) is 19.3 Å². The number of rotatable bonds is 3. The van der Waals surface area contributed by atoms with Crippen molar-refractivity contribution in [2.45, 2.75) is 40.0 Å².